The second-order valence-electron chi connectivity index (χ2n) is 4.82. The van der Waals surface area contributed by atoms with Crippen LogP contribution in [-0.2, 0) is 6.54 Å². The van der Waals surface area contributed by atoms with Gasteiger partial charge in [-0.1, -0.05) is 17.7 Å². The third-order valence-electron chi connectivity index (χ3n) is 3.33. The van der Waals surface area contributed by atoms with Gasteiger partial charge in [0.15, 0.2) is 0 Å². The normalized spacial score (nSPS) is 10.7. The van der Waals surface area contributed by atoms with E-state index >= 15 is 0 Å². The summed E-state index contributed by atoms with van der Waals surface area (Å²) in [6.07, 6.45) is 0. The Bertz CT molecular complexity index is 661. The minimum Gasteiger partial charge on any atom is -0.321 e. The summed E-state index contributed by atoms with van der Waals surface area (Å²) in [5.74, 6) is -0.235. The van der Waals surface area contributed by atoms with Gasteiger partial charge in [0, 0.05) is 12.2 Å². The van der Waals surface area contributed by atoms with Crippen molar-refractivity contribution >= 4 is 23.2 Å². The molecular formula is C15H18ClN3O. The lowest BCUT2D eigenvalue weighted by atomic mass is 10.1. The SMILES string of the molecule is CCn1nc(C)c(Cl)c1C(=O)Nc1ccc(C)c(C)c1. The first-order valence-electron chi connectivity index (χ1n) is 6.55. The lowest BCUT2D eigenvalue weighted by molar-refractivity contribution is 0.101. The first-order chi connectivity index (χ1) is 9.43. The molecule has 20 heavy (non-hydrogen) atoms. The zero-order chi connectivity index (χ0) is 14.9. The van der Waals surface area contributed by atoms with Gasteiger partial charge in [-0.05, 0) is 51.0 Å². The third kappa shape index (κ3) is 2.70. The number of anilines is 1. The van der Waals surface area contributed by atoms with E-state index in [4.69, 9.17) is 11.6 Å². The molecule has 0 atom stereocenters. The Morgan fingerprint density at radius 3 is 2.60 bits per heavy atom. The summed E-state index contributed by atoms with van der Waals surface area (Å²) in [6, 6.07) is 5.81. The molecule has 106 valence electrons. The molecular weight excluding hydrogens is 274 g/mol. The second kappa shape index (κ2) is 5.67. The molecule has 0 radical (unpaired) electrons. The minimum absolute atomic E-state index is 0.235. The van der Waals surface area contributed by atoms with E-state index in [1.165, 1.54) is 5.56 Å². The number of hydrogen-bond acceptors (Lipinski definition) is 2. The van der Waals surface area contributed by atoms with E-state index in [1.54, 1.807) is 11.6 Å². The van der Waals surface area contributed by atoms with Crippen molar-refractivity contribution in [3.8, 4) is 0 Å². The van der Waals surface area contributed by atoms with E-state index in [0.29, 0.717) is 23.0 Å². The van der Waals surface area contributed by atoms with Gasteiger partial charge in [-0.3, -0.25) is 9.48 Å². The highest BCUT2D eigenvalue weighted by molar-refractivity contribution is 6.34. The van der Waals surface area contributed by atoms with Gasteiger partial charge in [-0.2, -0.15) is 5.10 Å². The Morgan fingerprint density at radius 2 is 2.00 bits per heavy atom. The molecule has 0 unspecified atom stereocenters. The second-order valence-corrected chi connectivity index (χ2v) is 5.19. The number of nitrogens with zero attached hydrogens (tertiary/aromatic N) is 2. The number of benzene rings is 1. The number of aromatic nitrogens is 2. The molecule has 1 aromatic carbocycles. The van der Waals surface area contributed by atoms with Gasteiger partial charge in [0.2, 0.25) is 0 Å². The zero-order valence-electron chi connectivity index (χ0n) is 12.1. The summed E-state index contributed by atoms with van der Waals surface area (Å²) in [5, 5.41) is 7.53. The first kappa shape index (κ1) is 14.6. The van der Waals surface area contributed by atoms with Crippen LogP contribution in [0.4, 0.5) is 5.69 Å². The van der Waals surface area contributed by atoms with Crippen molar-refractivity contribution in [2.45, 2.75) is 34.2 Å². The van der Waals surface area contributed by atoms with E-state index in [9.17, 15) is 4.79 Å². The lowest BCUT2D eigenvalue weighted by Crippen LogP contribution is -2.18. The van der Waals surface area contributed by atoms with Crippen LogP contribution in [0.5, 0.6) is 0 Å². The highest BCUT2D eigenvalue weighted by atomic mass is 35.5. The maximum absolute atomic E-state index is 12.4. The Hall–Kier alpha value is -1.81. The topological polar surface area (TPSA) is 46.9 Å². The fourth-order valence-corrected chi connectivity index (χ4v) is 2.24. The molecule has 0 aliphatic carbocycles. The van der Waals surface area contributed by atoms with Crippen LogP contribution in [0.25, 0.3) is 0 Å². The Balaban J connectivity index is 2.30. The van der Waals surface area contributed by atoms with Crippen LogP contribution in [0.1, 0.15) is 34.2 Å². The van der Waals surface area contributed by atoms with E-state index in [1.807, 2.05) is 39.0 Å². The Morgan fingerprint density at radius 1 is 1.30 bits per heavy atom. The van der Waals surface area contributed by atoms with Gasteiger partial charge < -0.3 is 5.32 Å². The van der Waals surface area contributed by atoms with E-state index in [0.717, 1.165) is 11.3 Å². The molecule has 0 fully saturated rings. The third-order valence-corrected chi connectivity index (χ3v) is 3.79. The molecule has 1 N–H and O–H groups in total. The Labute approximate surface area is 123 Å². The quantitative estimate of drug-likeness (QED) is 0.936. The van der Waals surface area contributed by atoms with Gasteiger partial charge in [0.1, 0.15) is 5.69 Å². The standard InChI is InChI=1S/C15H18ClN3O/c1-5-19-14(13(16)11(4)18-19)15(20)17-12-7-6-9(2)10(3)8-12/h6-8H,5H2,1-4H3,(H,17,20). The summed E-state index contributed by atoms with van der Waals surface area (Å²) < 4.78 is 1.62. The molecule has 0 bridgehead atoms. The predicted octanol–water partition coefficient (Wildman–Crippen LogP) is 3.73. The number of nitrogens with one attached hydrogen (secondary N) is 1. The smallest absolute Gasteiger partial charge is 0.275 e. The molecule has 1 heterocycles. The number of hydrogen-bond donors (Lipinski definition) is 1. The van der Waals surface area contributed by atoms with Crippen molar-refractivity contribution in [3.05, 3.63) is 45.7 Å². The zero-order valence-corrected chi connectivity index (χ0v) is 12.9. The largest absolute Gasteiger partial charge is 0.321 e. The van der Waals surface area contributed by atoms with Gasteiger partial charge in [-0.15, -0.1) is 0 Å². The molecule has 2 rings (SSSR count). The number of halogens is 1. The van der Waals surface area contributed by atoms with E-state index in [-0.39, 0.29) is 5.91 Å². The van der Waals surface area contributed by atoms with E-state index < -0.39 is 0 Å². The number of amides is 1. The monoisotopic (exact) mass is 291 g/mol. The number of carbonyl (C=O) groups excluding carboxylic acids is 1. The van der Waals surface area contributed by atoms with Gasteiger partial charge in [0.05, 0.1) is 10.7 Å². The summed E-state index contributed by atoms with van der Waals surface area (Å²) >= 11 is 6.17. The molecule has 5 heteroatoms. The van der Waals surface area contributed by atoms with E-state index in [2.05, 4.69) is 10.4 Å². The maximum Gasteiger partial charge on any atom is 0.275 e. The fourth-order valence-electron chi connectivity index (χ4n) is 2.01. The van der Waals surface area contributed by atoms with Crippen molar-refractivity contribution in [2.24, 2.45) is 0 Å². The molecule has 0 saturated carbocycles. The number of rotatable bonds is 3. The van der Waals surface area contributed by atoms with Gasteiger partial charge in [0.25, 0.3) is 5.91 Å². The average molecular weight is 292 g/mol. The summed E-state index contributed by atoms with van der Waals surface area (Å²) in [7, 11) is 0. The number of carbonyl (C=O) groups is 1. The molecule has 0 aliphatic heterocycles. The maximum atomic E-state index is 12.4. The summed E-state index contributed by atoms with van der Waals surface area (Å²) in [6.45, 7) is 8.37. The van der Waals surface area contributed by atoms with Crippen molar-refractivity contribution in [1.29, 1.82) is 0 Å². The molecule has 1 amide bonds. The van der Waals surface area contributed by atoms with Crippen molar-refractivity contribution < 1.29 is 4.79 Å². The van der Waals surface area contributed by atoms with Crippen molar-refractivity contribution in [3.63, 3.8) is 0 Å². The number of aryl methyl sites for hydroxylation is 4. The van der Waals surface area contributed by atoms with Crippen molar-refractivity contribution in [1.82, 2.24) is 9.78 Å². The molecule has 1 aromatic heterocycles. The van der Waals surface area contributed by atoms with Crippen LogP contribution in [0.2, 0.25) is 5.02 Å². The van der Waals surface area contributed by atoms with Gasteiger partial charge >= 0.3 is 0 Å². The molecule has 4 nitrogen and oxygen atoms in total. The van der Waals surface area contributed by atoms with Crippen LogP contribution < -0.4 is 5.32 Å². The fraction of sp³-hybridized carbons (Fsp3) is 0.333. The van der Waals surface area contributed by atoms with Crippen LogP contribution >= 0.6 is 11.6 Å². The average Bonchev–Trinajstić information content (AvgIpc) is 2.69. The van der Waals surface area contributed by atoms with Gasteiger partial charge in [-0.25, -0.2) is 0 Å². The minimum atomic E-state index is -0.235. The van der Waals surface area contributed by atoms with Crippen molar-refractivity contribution in [2.75, 3.05) is 5.32 Å². The van der Waals surface area contributed by atoms with Crippen LogP contribution in [0.15, 0.2) is 18.2 Å². The lowest BCUT2D eigenvalue weighted by Gasteiger charge is -2.09. The van der Waals surface area contributed by atoms with Crippen LogP contribution in [0.3, 0.4) is 0 Å². The first-order valence-corrected chi connectivity index (χ1v) is 6.93. The predicted molar refractivity (Wildman–Crippen MR) is 81.5 cm³/mol. The highest BCUT2D eigenvalue weighted by Crippen LogP contribution is 2.22. The highest BCUT2D eigenvalue weighted by Gasteiger charge is 2.19. The molecule has 0 saturated heterocycles. The molecule has 0 aliphatic rings. The van der Waals surface area contributed by atoms with Crippen LogP contribution in [-0.4, -0.2) is 15.7 Å². The Kier molecular flexibility index (Phi) is 4.14. The summed E-state index contributed by atoms with van der Waals surface area (Å²) in [4.78, 5) is 12.4. The molecule has 0 spiro atoms. The summed E-state index contributed by atoms with van der Waals surface area (Å²) in [5.41, 5.74) is 4.16. The molecule has 2 aromatic rings. The van der Waals surface area contributed by atoms with Crippen LogP contribution in [0, 0.1) is 20.8 Å².